The molecule has 0 bridgehead atoms. The molecule has 2 aromatic rings. The Kier molecular flexibility index (Phi) is 3.15. The van der Waals surface area contributed by atoms with Crippen LogP contribution < -0.4 is 8.01 Å². The fourth-order valence-electron chi connectivity index (χ4n) is 1.16. The minimum atomic E-state index is 0.885. The molecule has 0 saturated carbocycles. The Morgan fingerprint density at radius 2 is 1.29 bits per heavy atom. The van der Waals surface area contributed by atoms with Crippen molar-refractivity contribution < 1.29 is 4.74 Å². The van der Waals surface area contributed by atoms with Crippen molar-refractivity contribution in [1.82, 2.24) is 0 Å². The van der Waals surface area contributed by atoms with Gasteiger partial charge in [-0.25, -0.2) is 0 Å². The third-order valence-electron chi connectivity index (χ3n) is 1.86. The zero-order chi connectivity index (χ0) is 9.80. The van der Waals surface area contributed by atoms with Crippen molar-refractivity contribution in [2.45, 2.75) is 0 Å². The zero-order valence-corrected chi connectivity index (χ0v) is 12.2. The molecule has 0 atom stereocenters. The number of rotatable bonds is 2. The van der Waals surface area contributed by atoms with Gasteiger partial charge in [0.25, 0.3) is 0 Å². The second-order valence-electron chi connectivity index (χ2n) is 2.98. The quantitative estimate of drug-likeness (QED) is 0.722. The van der Waals surface area contributed by atoms with Gasteiger partial charge in [0.05, 0.1) is 0 Å². The fourth-order valence-corrected chi connectivity index (χ4v) is 1.91. The number of hydrogen-bond donors (Lipinski definition) is 0. The summed E-state index contributed by atoms with van der Waals surface area (Å²) in [7, 11) is 0. The average Bonchev–Trinajstić information content (AvgIpc) is 2.23. The van der Waals surface area contributed by atoms with Crippen LogP contribution >= 0.6 is 0 Å². The summed E-state index contributed by atoms with van der Waals surface area (Å²) in [4.78, 5) is 0. The van der Waals surface area contributed by atoms with E-state index in [1.54, 1.807) is 0 Å². The Morgan fingerprint density at radius 3 is 1.93 bits per heavy atom. The van der Waals surface area contributed by atoms with Gasteiger partial charge in [-0.3, -0.25) is 0 Å². The van der Waals surface area contributed by atoms with Crippen LogP contribution in [0.4, 0.5) is 0 Å². The molecular formula is C12H11BiO. The third-order valence-corrected chi connectivity index (χ3v) is 3.36. The number of ether oxygens (including phenoxy) is 1. The van der Waals surface area contributed by atoms with Crippen molar-refractivity contribution in [2.75, 3.05) is 0 Å². The maximum absolute atomic E-state index is 5.65. The summed E-state index contributed by atoms with van der Waals surface area (Å²) in [6, 6.07) is 18.1. The Morgan fingerprint density at radius 1 is 0.714 bits per heavy atom. The topological polar surface area (TPSA) is 9.23 Å². The van der Waals surface area contributed by atoms with Gasteiger partial charge in [0, 0.05) is 0 Å². The molecule has 0 amide bonds. The van der Waals surface area contributed by atoms with Gasteiger partial charge in [-0.05, 0) is 0 Å². The molecule has 0 aromatic heterocycles. The van der Waals surface area contributed by atoms with Gasteiger partial charge in [-0.2, -0.15) is 0 Å². The van der Waals surface area contributed by atoms with Crippen LogP contribution in [0.1, 0.15) is 0 Å². The first-order valence-electron chi connectivity index (χ1n) is 4.43. The first-order chi connectivity index (χ1) is 6.84. The summed E-state index contributed by atoms with van der Waals surface area (Å²) in [6.45, 7) is 0. The molecule has 0 aliphatic heterocycles. The van der Waals surface area contributed by atoms with E-state index in [1.807, 2.05) is 42.5 Å². The van der Waals surface area contributed by atoms with E-state index in [-0.39, 0.29) is 0 Å². The molecular weight excluding hydrogens is 369 g/mol. The number of benzene rings is 2. The second kappa shape index (κ2) is 4.57. The van der Waals surface area contributed by atoms with E-state index in [0.29, 0.717) is 0 Å². The minimum absolute atomic E-state index is 0.885. The Balaban J connectivity index is 2.16. The predicted octanol–water partition coefficient (Wildman–Crippen LogP) is 1.74. The molecule has 0 heterocycles. The summed E-state index contributed by atoms with van der Waals surface area (Å²) in [5, 5.41) is 0. The number of hydrogen-bond acceptors (Lipinski definition) is 1. The van der Waals surface area contributed by atoms with Gasteiger partial charge in [0.1, 0.15) is 0 Å². The van der Waals surface area contributed by atoms with E-state index in [4.69, 9.17) is 4.74 Å². The molecule has 0 fully saturated rings. The first kappa shape index (κ1) is 9.67. The summed E-state index contributed by atoms with van der Waals surface area (Å²) < 4.78 is 7.06. The van der Waals surface area contributed by atoms with E-state index in [9.17, 15) is 0 Å². The van der Waals surface area contributed by atoms with Gasteiger partial charge < -0.3 is 0 Å². The Hall–Kier alpha value is -0.877. The van der Waals surface area contributed by atoms with Crippen LogP contribution in [0.15, 0.2) is 54.6 Å². The van der Waals surface area contributed by atoms with E-state index < -0.39 is 0 Å². The van der Waals surface area contributed by atoms with Crippen molar-refractivity contribution in [3.05, 3.63) is 54.6 Å². The molecule has 0 aliphatic rings. The van der Waals surface area contributed by atoms with Gasteiger partial charge in [0.2, 0.25) is 0 Å². The predicted molar refractivity (Wildman–Crippen MR) is 61.1 cm³/mol. The van der Waals surface area contributed by atoms with Gasteiger partial charge >= 0.3 is 98.8 Å². The maximum atomic E-state index is 5.65. The van der Waals surface area contributed by atoms with Crippen LogP contribution in [0, 0.1) is 0 Å². The van der Waals surface area contributed by atoms with Crippen molar-refractivity contribution in [3.63, 3.8) is 0 Å². The molecule has 0 spiro atoms. The molecule has 2 heteroatoms. The Bertz CT molecular complexity index is 394. The van der Waals surface area contributed by atoms with Crippen LogP contribution in [-0.2, 0) is 0 Å². The number of para-hydroxylation sites is 1. The van der Waals surface area contributed by atoms with Crippen molar-refractivity contribution >= 4 is 28.0 Å². The van der Waals surface area contributed by atoms with E-state index >= 15 is 0 Å². The Labute approximate surface area is 98.6 Å². The van der Waals surface area contributed by atoms with Crippen molar-refractivity contribution in [1.29, 1.82) is 0 Å². The summed E-state index contributed by atoms with van der Waals surface area (Å²) in [5.41, 5.74) is 0. The molecule has 0 unspecified atom stereocenters. The third kappa shape index (κ3) is 2.55. The monoisotopic (exact) mass is 380 g/mol. The molecule has 70 valence electrons. The van der Waals surface area contributed by atoms with E-state index in [2.05, 4.69) is 12.1 Å². The van der Waals surface area contributed by atoms with E-state index in [0.717, 1.165) is 36.2 Å². The van der Waals surface area contributed by atoms with Crippen LogP contribution in [0.25, 0.3) is 0 Å². The first-order valence-corrected chi connectivity index (χ1v) is 6.67. The van der Waals surface area contributed by atoms with Crippen LogP contribution in [0.3, 0.4) is 0 Å². The van der Waals surface area contributed by atoms with Crippen molar-refractivity contribution in [2.24, 2.45) is 0 Å². The molecule has 0 aliphatic carbocycles. The molecule has 14 heavy (non-hydrogen) atoms. The average molecular weight is 380 g/mol. The van der Waals surface area contributed by atoms with Crippen LogP contribution in [-0.4, -0.2) is 24.7 Å². The van der Waals surface area contributed by atoms with Gasteiger partial charge in [-0.1, -0.05) is 0 Å². The standard InChI is InChI=1S/C12H9O.Bi.2H/c1-3-7-11(8-4-1)13-12-9-5-2-6-10-12;;;/h1,3-10H;;;. The van der Waals surface area contributed by atoms with Gasteiger partial charge in [0.15, 0.2) is 0 Å². The van der Waals surface area contributed by atoms with E-state index in [1.165, 1.54) is 3.27 Å². The zero-order valence-electron chi connectivity index (χ0n) is 7.68. The normalized spacial score (nSPS) is 9.79. The molecule has 2 rings (SSSR count). The van der Waals surface area contributed by atoms with Crippen LogP contribution in [0.5, 0.6) is 11.5 Å². The summed E-state index contributed by atoms with van der Waals surface area (Å²) in [5.74, 6) is 1.79. The van der Waals surface area contributed by atoms with Crippen molar-refractivity contribution in [3.8, 4) is 11.5 Å². The second-order valence-corrected chi connectivity index (χ2v) is 5.58. The molecule has 1 nitrogen and oxygen atoms in total. The van der Waals surface area contributed by atoms with Crippen LogP contribution in [0.2, 0.25) is 0 Å². The molecule has 0 radical (unpaired) electrons. The SMILES string of the molecule is [BiH2][c]1ccc(Oc2ccccc2)cc1. The summed E-state index contributed by atoms with van der Waals surface area (Å²) in [6.07, 6.45) is 0. The fraction of sp³-hybridized carbons (Fsp3) is 0. The molecule has 0 saturated heterocycles. The summed E-state index contributed by atoms with van der Waals surface area (Å²) >= 11 is 0.894. The molecule has 2 aromatic carbocycles. The molecule has 0 N–H and O–H groups in total. The van der Waals surface area contributed by atoms with Gasteiger partial charge in [-0.15, -0.1) is 0 Å².